The Morgan fingerprint density at radius 3 is 1.62 bits per heavy atom. The molecule has 2 aromatic carbocycles. The molecule has 1 aliphatic rings. The van der Waals surface area contributed by atoms with Crippen LogP contribution in [-0.2, 0) is 5.66 Å². The average Bonchev–Trinajstić information content (AvgIpc) is 3.13. The van der Waals surface area contributed by atoms with Crippen LogP contribution < -0.4 is 31.2 Å². The minimum absolute atomic E-state index is 0.156. The normalized spacial score (nSPS) is 17.4. The van der Waals surface area contributed by atoms with Crippen molar-refractivity contribution in [3.63, 3.8) is 0 Å². The third kappa shape index (κ3) is 5.59. The molecule has 0 bridgehead atoms. The predicted octanol–water partition coefficient (Wildman–Crippen LogP) is 5.85. The molecule has 5 N–H and O–H groups in total. The van der Waals surface area contributed by atoms with Crippen molar-refractivity contribution in [2.75, 3.05) is 21.7 Å². The van der Waals surface area contributed by atoms with Crippen LogP contribution in [-0.4, -0.2) is 28.9 Å². The Bertz CT molecular complexity index is 1280. The van der Waals surface area contributed by atoms with Crippen molar-refractivity contribution in [1.82, 2.24) is 9.97 Å². The van der Waals surface area contributed by atoms with Crippen LogP contribution in [0.5, 0.6) is 11.5 Å². The molecule has 1 aliphatic heterocycles. The van der Waals surface area contributed by atoms with Crippen molar-refractivity contribution >= 4 is 29.0 Å². The second-order valence-electron chi connectivity index (χ2n) is 7.42. The first kappa shape index (κ1) is 25.8. The second kappa shape index (κ2) is 8.67. The molecule has 0 aliphatic carbocycles. The number of nitrogen functional groups attached to an aromatic ring is 1. The summed E-state index contributed by atoms with van der Waals surface area (Å²) in [6, 6.07) is 7.26. The molecule has 0 spiro atoms. The number of hydrogen-bond donors (Lipinski definition) is 4. The number of rotatable bonds is 5. The van der Waals surface area contributed by atoms with Gasteiger partial charge in [-0.2, -0.15) is 13.2 Å². The molecular formula is C20H13F9N6O2. The largest absolute Gasteiger partial charge is 0.573 e. The van der Waals surface area contributed by atoms with E-state index in [0.717, 1.165) is 24.3 Å². The molecule has 37 heavy (non-hydrogen) atoms. The number of anilines is 5. The van der Waals surface area contributed by atoms with Gasteiger partial charge in [0.25, 0.3) is 0 Å². The molecule has 1 unspecified atom stereocenters. The van der Waals surface area contributed by atoms with Crippen molar-refractivity contribution in [2.24, 2.45) is 0 Å². The van der Waals surface area contributed by atoms with Crippen LogP contribution >= 0.6 is 0 Å². The molecule has 0 radical (unpaired) electrons. The topological polar surface area (TPSA) is 106 Å². The zero-order valence-electron chi connectivity index (χ0n) is 17.8. The zero-order valence-corrected chi connectivity index (χ0v) is 17.8. The summed E-state index contributed by atoms with van der Waals surface area (Å²) in [7, 11) is 0. The van der Waals surface area contributed by atoms with Gasteiger partial charge >= 0.3 is 18.9 Å². The minimum atomic E-state index is -5.06. The maximum Gasteiger partial charge on any atom is 0.573 e. The fourth-order valence-electron chi connectivity index (χ4n) is 3.33. The molecule has 3 aromatic rings. The number of ether oxygens (including phenoxy) is 2. The lowest BCUT2D eigenvalue weighted by Crippen LogP contribution is -2.52. The third-order valence-corrected chi connectivity index (χ3v) is 4.83. The number of benzene rings is 2. The van der Waals surface area contributed by atoms with E-state index in [0.29, 0.717) is 12.1 Å². The number of aromatic nitrogens is 2. The summed E-state index contributed by atoms with van der Waals surface area (Å²) in [5, 5.41) is 6.90. The quantitative estimate of drug-likeness (QED) is 0.299. The Balaban J connectivity index is 1.60. The smallest absolute Gasteiger partial charge is 0.406 e. The molecular weight excluding hydrogens is 527 g/mol. The summed E-state index contributed by atoms with van der Waals surface area (Å²) in [6.45, 7) is 0. The minimum Gasteiger partial charge on any atom is -0.406 e. The molecule has 17 heteroatoms. The van der Waals surface area contributed by atoms with Crippen molar-refractivity contribution < 1.29 is 49.0 Å². The van der Waals surface area contributed by atoms with E-state index in [4.69, 9.17) is 5.73 Å². The first-order chi connectivity index (χ1) is 17.0. The molecule has 1 aromatic heterocycles. The number of nitrogens with zero attached hydrogens (tertiary/aromatic N) is 2. The van der Waals surface area contributed by atoms with Crippen LogP contribution in [0.15, 0.2) is 48.5 Å². The number of fused-ring (bicyclic) bond motifs is 1. The Morgan fingerprint density at radius 1 is 0.703 bits per heavy atom. The van der Waals surface area contributed by atoms with Crippen molar-refractivity contribution in [3.8, 4) is 11.5 Å². The van der Waals surface area contributed by atoms with Gasteiger partial charge < -0.3 is 31.2 Å². The van der Waals surface area contributed by atoms with Gasteiger partial charge in [-0.1, -0.05) is 12.1 Å². The molecule has 1 atom stereocenters. The summed E-state index contributed by atoms with van der Waals surface area (Å²) >= 11 is 0. The van der Waals surface area contributed by atoms with E-state index >= 15 is 0 Å². The van der Waals surface area contributed by atoms with E-state index in [9.17, 15) is 39.5 Å². The third-order valence-electron chi connectivity index (χ3n) is 4.83. The average molecular weight is 540 g/mol. The van der Waals surface area contributed by atoms with Gasteiger partial charge in [-0.15, -0.1) is 26.3 Å². The number of alkyl halides is 9. The van der Waals surface area contributed by atoms with Gasteiger partial charge in [0.1, 0.15) is 11.5 Å². The van der Waals surface area contributed by atoms with Gasteiger partial charge in [-0.3, -0.25) is 0 Å². The van der Waals surface area contributed by atoms with Gasteiger partial charge in [-0.05, 0) is 36.4 Å². The Hall–Kier alpha value is -4.31. The molecule has 0 saturated heterocycles. The fraction of sp³-hybridized carbons (Fsp3) is 0.200. The predicted molar refractivity (Wildman–Crippen MR) is 111 cm³/mol. The van der Waals surface area contributed by atoms with Gasteiger partial charge in [-0.25, -0.2) is 9.97 Å². The van der Waals surface area contributed by atoms with E-state index < -0.39 is 53.3 Å². The van der Waals surface area contributed by atoms with Gasteiger partial charge in [0, 0.05) is 11.3 Å². The van der Waals surface area contributed by atoms with E-state index in [1.165, 1.54) is 12.1 Å². The molecule has 0 amide bonds. The standard InChI is InChI=1S/C20H13F9N6O2/c21-18(22,23)17(9-1-5-11(6-2-9)36-19(24,25)26)34-15-16(35-17)33-14(13(30)32-15)31-10-3-7-12(8-4-10)37-20(27,28)29/h1-8H,(H3,30,32,34)(H2,31,33,35). The highest BCUT2D eigenvalue weighted by Crippen LogP contribution is 2.48. The zero-order chi connectivity index (χ0) is 27.2. The summed E-state index contributed by atoms with van der Waals surface area (Å²) in [4.78, 5) is 7.82. The monoisotopic (exact) mass is 540 g/mol. The van der Waals surface area contributed by atoms with Gasteiger partial charge in [0.05, 0.1) is 0 Å². The highest BCUT2D eigenvalue weighted by atomic mass is 19.4. The first-order valence-corrected chi connectivity index (χ1v) is 9.84. The maximum atomic E-state index is 14.2. The van der Waals surface area contributed by atoms with E-state index in [2.05, 4.69) is 35.4 Å². The number of nitrogens with one attached hydrogen (secondary N) is 3. The molecule has 198 valence electrons. The molecule has 4 rings (SSSR count). The Labute approximate surface area is 200 Å². The summed E-state index contributed by atoms with van der Waals surface area (Å²) in [6.07, 6.45) is -15.0. The van der Waals surface area contributed by atoms with Crippen LogP contribution in [0.1, 0.15) is 5.56 Å². The molecule has 0 fully saturated rings. The maximum absolute atomic E-state index is 14.2. The molecule has 2 heterocycles. The number of hydrogen-bond acceptors (Lipinski definition) is 8. The Morgan fingerprint density at radius 2 is 1.16 bits per heavy atom. The first-order valence-electron chi connectivity index (χ1n) is 9.84. The lowest BCUT2D eigenvalue weighted by Gasteiger charge is -2.32. The second-order valence-corrected chi connectivity index (χ2v) is 7.42. The van der Waals surface area contributed by atoms with Crippen molar-refractivity contribution in [1.29, 1.82) is 0 Å². The van der Waals surface area contributed by atoms with Gasteiger partial charge in [0.15, 0.2) is 23.3 Å². The highest BCUT2D eigenvalue weighted by molar-refractivity contribution is 5.78. The summed E-state index contributed by atoms with van der Waals surface area (Å²) in [5.41, 5.74) is 2.37. The fourth-order valence-corrected chi connectivity index (χ4v) is 3.33. The SMILES string of the molecule is Nc1nc2c(nc1Nc1ccc(OC(F)(F)F)cc1)NC(c1ccc(OC(F)(F)F)cc1)(C(F)(F)F)N2. The number of halogens is 9. The Kier molecular flexibility index (Phi) is 6.04. The van der Waals surface area contributed by atoms with Crippen molar-refractivity contribution in [2.45, 2.75) is 24.6 Å². The van der Waals surface area contributed by atoms with Crippen LogP contribution in [0, 0.1) is 0 Å². The van der Waals surface area contributed by atoms with E-state index in [1.54, 1.807) is 0 Å². The molecule has 8 nitrogen and oxygen atoms in total. The molecule has 0 saturated carbocycles. The van der Waals surface area contributed by atoms with Crippen LogP contribution in [0.25, 0.3) is 0 Å². The van der Waals surface area contributed by atoms with E-state index in [-0.39, 0.29) is 17.3 Å². The summed E-state index contributed by atoms with van der Waals surface area (Å²) in [5.74, 6) is -2.67. The lowest BCUT2D eigenvalue weighted by atomic mass is 9.99. The highest BCUT2D eigenvalue weighted by Gasteiger charge is 2.60. The van der Waals surface area contributed by atoms with Gasteiger partial charge in [0.2, 0.25) is 5.66 Å². The van der Waals surface area contributed by atoms with Crippen LogP contribution in [0.3, 0.4) is 0 Å². The number of nitrogens with two attached hydrogens (primary N) is 1. The van der Waals surface area contributed by atoms with Crippen molar-refractivity contribution in [3.05, 3.63) is 54.1 Å². The lowest BCUT2D eigenvalue weighted by molar-refractivity contribution is -0.275. The van der Waals surface area contributed by atoms with Crippen LogP contribution in [0.2, 0.25) is 0 Å². The van der Waals surface area contributed by atoms with E-state index in [1.807, 2.05) is 0 Å². The van der Waals surface area contributed by atoms with Crippen LogP contribution in [0.4, 0.5) is 68.5 Å². The summed E-state index contributed by atoms with van der Waals surface area (Å²) < 4.78 is 124.